The van der Waals surface area contributed by atoms with E-state index in [9.17, 15) is 14.4 Å². The number of thiocarbonyl (C=S) groups is 1. The third-order valence-corrected chi connectivity index (χ3v) is 4.59. The number of aryl methyl sites for hydroxylation is 1. The first-order valence-electron chi connectivity index (χ1n) is 9.12. The molecule has 0 fully saturated rings. The van der Waals surface area contributed by atoms with Gasteiger partial charge in [-0.3, -0.25) is 30.6 Å². The molecule has 0 heterocycles. The van der Waals surface area contributed by atoms with Gasteiger partial charge in [-0.1, -0.05) is 53.0 Å². The van der Waals surface area contributed by atoms with Gasteiger partial charge in [0.2, 0.25) is 17.7 Å². The zero-order chi connectivity index (χ0) is 22.8. The van der Waals surface area contributed by atoms with E-state index in [0.29, 0.717) is 15.7 Å². The van der Waals surface area contributed by atoms with Crippen molar-refractivity contribution in [2.45, 2.75) is 19.8 Å². The lowest BCUT2D eigenvalue weighted by Crippen LogP contribution is -2.48. The summed E-state index contributed by atoms with van der Waals surface area (Å²) >= 11 is 16.7. The van der Waals surface area contributed by atoms with E-state index < -0.39 is 17.7 Å². The third-order valence-electron chi connectivity index (χ3n) is 3.84. The van der Waals surface area contributed by atoms with Gasteiger partial charge in [0, 0.05) is 23.9 Å². The number of hydrazine groups is 1. The van der Waals surface area contributed by atoms with E-state index in [4.69, 9.17) is 35.4 Å². The molecule has 0 atom stereocenters. The fraction of sp³-hybridized carbons (Fsp3) is 0.143. The minimum absolute atomic E-state index is 0.0785. The monoisotopic (exact) mass is 478 g/mol. The molecule has 0 aliphatic rings. The molecule has 0 saturated heterocycles. The summed E-state index contributed by atoms with van der Waals surface area (Å²) in [4.78, 5) is 35.7. The summed E-state index contributed by atoms with van der Waals surface area (Å²) in [6.45, 7) is 1.97. The summed E-state index contributed by atoms with van der Waals surface area (Å²) in [5, 5.41) is 5.66. The molecule has 31 heavy (non-hydrogen) atoms. The standard InChI is InChI=1S/C21H20Cl2N4O3S/c1-13-2-4-14(5-3-13)6-9-19(29)25-21(31)27-26-20(30)11-10-18(28)24-17-8-7-15(22)12-16(17)23/h2-9,12H,10-11H2,1H3,(H,24,28)(H,26,30)(H2,25,27,29,31)/b9-6+. The molecule has 0 unspecified atom stereocenters. The van der Waals surface area contributed by atoms with Gasteiger partial charge in [0.05, 0.1) is 10.7 Å². The molecule has 2 rings (SSSR count). The summed E-state index contributed by atoms with van der Waals surface area (Å²) in [7, 11) is 0. The second-order valence-electron chi connectivity index (χ2n) is 6.41. The van der Waals surface area contributed by atoms with Crippen molar-refractivity contribution < 1.29 is 14.4 Å². The van der Waals surface area contributed by atoms with Crippen LogP contribution in [0, 0.1) is 6.92 Å². The number of carbonyl (C=O) groups is 3. The van der Waals surface area contributed by atoms with Gasteiger partial charge in [-0.05, 0) is 49.0 Å². The molecule has 0 bridgehead atoms. The normalized spacial score (nSPS) is 10.4. The number of benzene rings is 2. The molecule has 10 heteroatoms. The van der Waals surface area contributed by atoms with Crippen LogP contribution in [0.3, 0.4) is 0 Å². The number of hydrogen-bond acceptors (Lipinski definition) is 4. The van der Waals surface area contributed by atoms with Crippen LogP contribution < -0.4 is 21.5 Å². The maximum absolute atomic E-state index is 12.0. The molecule has 162 valence electrons. The SMILES string of the molecule is Cc1ccc(/C=C/C(=O)NC(=S)NNC(=O)CCC(=O)Nc2ccc(Cl)cc2Cl)cc1. The maximum atomic E-state index is 12.0. The maximum Gasteiger partial charge on any atom is 0.250 e. The predicted molar refractivity (Wildman–Crippen MR) is 127 cm³/mol. The van der Waals surface area contributed by atoms with Gasteiger partial charge < -0.3 is 5.32 Å². The van der Waals surface area contributed by atoms with Crippen LogP contribution in [0.1, 0.15) is 24.0 Å². The van der Waals surface area contributed by atoms with Crippen molar-refractivity contribution in [3.05, 3.63) is 69.7 Å². The van der Waals surface area contributed by atoms with E-state index in [-0.39, 0.29) is 18.0 Å². The number of halogens is 2. The van der Waals surface area contributed by atoms with Crippen LogP contribution in [-0.4, -0.2) is 22.8 Å². The first-order valence-corrected chi connectivity index (χ1v) is 10.3. The molecule has 4 N–H and O–H groups in total. The molecule has 0 aliphatic heterocycles. The van der Waals surface area contributed by atoms with E-state index in [0.717, 1.165) is 11.1 Å². The van der Waals surface area contributed by atoms with E-state index in [1.807, 2.05) is 31.2 Å². The van der Waals surface area contributed by atoms with Crippen LogP contribution in [0.5, 0.6) is 0 Å². The molecule has 0 saturated carbocycles. The van der Waals surface area contributed by atoms with Crippen molar-refractivity contribution in [2.24, 2.45) is 0 Å². The van der Waals surface area contributed by atoms with Crippen molar-refractivity contribution in [3.63, 3.8) is 0 Å². The number of anilines is 1. The minimum Gasteiger partial charge on any atom is -0.325 e. The zero-order valence-corrected chi connectivity index (χ0v) is 18.8. The van der Waals surface area contributed by atoms with Crippen molar-refractivity contribution in [1.82, 2.24) is 16.2 Å². The van der Waals surface area contributed by atoms with Crippen LogP contribution in [0.4, 0.5) is 5.69 Å². The summed E-state index contributed by atoms with van der Waals surface area (Å²) in [6.07, 6.45) is 2.78. The first-order chi connectivity index (χ1) is 14.7. The highest BCUT2D eigenvalue weighted by Gasteiger charge is 2.10. The van der Waals surface area contributed by atoms with Gasteiger partial charge in [0.25, 0.3) is 0 Å². The molecular weight excluding hydrogens is 459 g/mol. The van der Waals surface area contributed by atoms with Crippen LogP contribution >= 0.6 is 35.4 Å². The lowest BCUT2D eigenvalue weighted by molar-refractivity contribution is -0.124. The topological polar surface area (TPSA) is 99.3 Å². The molecule has 0 spiro atoms. The van der Waals surface area contributed by atoms with Crippen LogP contribution in [0.25, 0.3) is 6.08 Å². The minimum atomic E-state index is -0.482. The average molecular weight is 479 g/mol. The Bertz CT molecular complexity index is 1010. The Morgan fingerprint density at radius 2 is 1.65 bits per heavy atom. The molecule has 2 aromatic rings. The van der Waals surface area contributed by atoms with E-state index in [1.54, 1.807) is 18.2 Å². The van der Waals surface area contributed by atoms with E-state index in [1.165, 1.54) is 12.1 Å². The highest BCUT2D eigenvalue weighted by molar-refractivity contribution is 7.80. The fourth-order valence-electron chi connectivity index (χ4n) is 2.25. The first kappa shape index (κ1) is 24.3. The highest BCUT2D eigenvalue weighted by Crippen LogP contribution is 2.25. The molecule has 0 radical (unpaired) electrons. The molecule has 7 nitrogen and oxygen atoms in total. The van der Waals surface area contributed by atoms with Crippen LogP contribution in [-0.2, 0) is 14.4 Å². The number of rotatable bonds is 6. The van der Waals surface area contributed by atoms with Gasteiger partial charge in [-0.15, -0.1) is 0 Å². The fourth-order valence-corrected chi connectivity index (χ4v) is 2.86. The highest BCUT2D eigenvalue weighted by atomic mass is 35.5. The lowest BCUT2D eigenvalue weighted by Gasteiger charge is -2.10. The number of nitrogens with one attached hydrogen (secondary N) is 4. The largest absolute Gasteiger partial charge is 0.325 e. The number of carbonyl (C=O) groups excluding carboxylic acids is 3. The van der Waals surface area contributed by atoms with Gasteiger partial charge in [0.15, 0.2) is 5.11 Å². The molecular formula is C21H20Cl2N4O3S. The average Bonchev–Trinajstić information content (AvgIpc) is 2.72. The van der Waals surface area contributed by atoms with Crippen molar-refractivity contribution in [3.8, 4) is 0 Å². The quantitative estimate of drug-likeness (QED) is 0.287. The van der Waals surface area contributed by atoms with Crippen LogP contribution in [0.2, 0.25) is 10.0 Å². The van der Waals surface area contributed by atoms with Crippen molar-refractivity contribution >= 4 is 70.0 Å². The summed E-state index contributed by atoms with van der Waals surface area (Å²) in [5.41, 5.74) is 7.11. The smallest absolute Gasteiger partial charge is 0.250 e. The number of amides is 3. The second kappa shape index (κ2) is 12.0. The molecule has 2 aromatic carbocycles. The molecule has 0 aromatic heterocycles. The second-order valence-corrected chi connectivity index (χ2v) is 7.66. The van der Waals surface area contributed by atoms with E-state index in [2.05, 4.69) is 21.5 Å². The molecule has 0 aliphatic carbocycles. The Morgan fingerprint density at radius 3 is 2.32 bits per heavy atom. The Labute approximate surface area is 195 Å². The van der Waals surface area contributed by atoms with Gasteiger partial charge in [-0.2, -0.15) is 0 Å². The van der Waals surface area contributed by atoms with Crippen molar-refractivity contribution in [2.75, 3.05) is 5.32 Å². The third kappa shape index (κ3) is 9.17. The predicted octanol–water partition coefficient (Wildman–Crippen LogP) is 3.76. The Morgan fingerprint density at radius 1 is 0.968 bits per heavy atom. The summed E-state index contributed by atoms with van der Waals surface area (Å²) in [6, 6.07) is 12.3. The van der Waals surface area contributed by atoms with Crippen molar-refractivity contribution in [1.29, 1.82) is 0 Å². The molecule has 3 amide bonds. The lowest BCUT2D eigenvalue weighted by atomic mass is 10.1. The summed E-state index contributed by atoms with van der Waals surface area (Å²) in [5.74, 6) is -1.33. The Hall–Kier alpha value is -2.94. The number of hydrogen-bond donors (Lipinski definition) is 4. The Kier molecular flexibility index (Phi) is 9.45. The van der Waals surface area contributed by atoms with Gasteiger partial charge in [-0.25, -0.2) is 0 Å². The Balaban J connectivity index is 1.67. The van der Waals surface area contributed by atoms with Gasteiger partial charge in [0.1, 0.15) is 0 Å². The van der Waals surface area contributed by atoms with Gasteiger partial charge >= 0.3 is 0 Å². The van der Waals surface area contributed by atoms with Crippen LogP contribution in [0.15, 0.2) is 48.5 Å². The summed E-state index contributed by atoms with van der Waals surface area (Å²) < 4.78 is 0. The zero-order valence-electron chi connectivity index (χ0n) is 16.5. The van der Waals surface area contributed by atoms with E-state index >= 15 is 0 Å².